The highest BCUT2D eigenvalue weighted by Gasteiger charge is 2.19. The van der Waals surface area contributed by atoms with Crippen molar-refractivity contribution in [3.63, 3.8) is 0 Å². The van der Waals surface area contributed by atoms with Gasteiger partial charge in [0.25, 0.3) is 0 Å². The summed E-state index contributed by atoms with van der Waals surface area (Å²) in [4.78, 5) is 29.2. The highest BCUT2D eigenvalue weighted by atomic mass is 16.5. The maximum atomic E-state index is 11.9. The molecule has 0 spiro atoms. The summed E-state index contributed by atoms with van der Waals surface area (Å²) in [6.45, 7) is 2.95. The van der Waals surface area contributed by atoms with Crippen LogP contribution in [0.3, 0.4) is 0 Å². The average molecular weight is 281 g/mol. The summed E-state index contributed by atoms with van der Waals surface area (Å²) in [6.07, 6.45) is 3.39. The molecule has 0 bridgehead atoms. The van der Waals surface area contributed by atoms with E-state index in [1.807, 2.05) is 6.92 Å². The number of carbonyl (C=O) groups is 2. The molecule has 0 saturated carbocycles. The van der Waals surface area contributed by atoms with E-state index in [4.69, 9.17) is 4.74 Å². The average Bonchev–Trinajstić information content (AvgIpc) is 2.74. The molecule has 8 heteroatoms. The van der Waals surface area contributed by atoms with Crippen LogP contribution in [-0.2, 0) is 9.59 Å². The summed E-state index contributed by atoms with van der Waals surface area (Å²) < 4.78 is 5.08. The predicted molar refractivity (Wildman–Crippen MR) is 71.2 cm³/mol. The van der Waals surface area contributed by atoms with Gasteiger partial charge in [0.1, 0.15) is 0 Å². The Balaban J connectivity index is 1.85. The van der Waals surface area contributed by atoms with Gasteiger partial charge in [0.2, 0.25) is 17.8 Å². The molecule has 0 unspecified atom stereocenters. The molecule has 0 radical (unpaired) electrons. The Bertz CT molecular complexity index is 473. The Morgan fingerprint density at radius 2 is 2.30 bits per heavy atom. The third kappa shape index (κ3) is 3.94. The smallest absolute Gasteiger partial charge is 0.337 e. The van der Waals surface area contributed by atoms with E-state index in [9.17, 15) is 9.59 Å². The van der Waals surface area contributed by atoms with E-state index < -0.39 is 0 Å². The van der Waals surface area contributed by atoms with Crippen molar-refractivity contribution in [1.82, 2.24) is 20.1 Å². The third-order valence-electron chi connectivity index (χ3n) is 3.00. The van der Waals surface area contributed by atoms with E-state index in [0.717, 1.165) is 19.3 Å². The van der Waals surface area contributed by atoms with Gasteiger partial charge in [-0.1, -0.05) is 6.42 Å². The largest absolute Gasteiger partial charge is 0.463 e. The van der Waals surface area contributed by atoms with Crippen molar-refractivity contribution in [2.75, 3.05) is 25.0 Å². The van der Waals surface area contributed by atoms with Crippen LogP contribution in [0.5, 0.6) is 6.01 Å². The number of aromatic nitrogens is 3. The summed E-state index contributed by atoms with van der Waals surface area (Å²) in [5.74, 6) is -0.0367. The Labute approximate surface area is 116 Å². The summed E-state index contributed by atoms with van der Waals surface area (Å²) in [7, 11) is 0. The van der Waals surface area contributed by atoms with Crippen molar-refractivity contribution in [2.45, 2.75) is 32.6 Å². The zero-order valence-corrected chi connectivity index (χ0v) is 11.5. The number of carbonyl (C=O) groups excluding carboxylic acids is 2. The van der Waals surface area contributed by atoms with Gasteiger partial charge >= 0.3 is 6.01 Å². The van der Waals surface area contributed by atoms with Crippen LogP contribution < -0.4 is 10.1 Å². The topological polar surface area (TPSA) is 100 Å². The second-order valence-electron chi connectivity index (χ2n) is 4.57. The molecule has 1 saturated heterocycles. The molecule has 8 nitrogen and oxygen atoms in total. The lowest BCUT2D eigenvalue weighted by molar-refractivity contribution is -0.134. The van der Waals surface area contributed by atoms with Crippen molar-refractivity contribution in [3.8, 4) is 6.01 Å². The molecule has 1 aromatic heterocycles. The lowest BCUT2D eigenvalue weighted by atomic mass is 10.2. The van der Waals surface area contributed by atoms with Gasteiger partial charge in [-0.05, 0) is 19.8 Å². The van der Waals surface area contributed by atoms with E-state index in [1.165, 1.54) is 0 Å². The first-order valence-electron chi connectivity index (χ1n) is 6.82. The number of hydrogen-bond acceptors (Lipinski definition) is 5. The number of anilines is 1. The first kappa shape index (κ1) is 14.3. The van der Waals surface area contributed by atoms with Crippen LogP contribution in [0.1, 0.15) is 32.6 Å². The normalized spacial score (nSPS) is 15.8. The van der Waals surface area contributed by atoms with Gasteiger partial charge in [0, 0.05) is 13.0 Å². The molecule has 2 rings (SSSR count). The zero-order chi connectivity index (χ0) is 14.4. The molecule has 0 aliphatic carbocycles. The van der Waals surface area contributed by atoms with Crippen molar-refractivity contribution >= 4 is 17.8 Å². The van der Waals surface area contributed by atoms with E-state index in [0.29, 0.717) is 19.6 Å². The Morgan fingerprint density at radius 1 is 1.45 bits per heavy atom. The molecule has 20 heavy (non-hydrogen) atoms. The van der Waals surface area contributed by atoms with Gasteiger partial charge in [0.05, 0.1) is 13.2 Å². The number of likely N-dealkylation sites (tertiary alicyclic amines) is 1. The van der Waals surface area contributed by atoms with Crippen LogP contribution >= 0.6 is 0 Å². The molecule has 2 heterocycles. The standard InChI is InChI=1S/C12H19N5O3/c1-2-20-12-14-11(15-16-12)13-9(18)8-17-7-5-3-4-6-10(17)19/h2-8H2,1H3,(H2,13,14,15,16,18). The van der Waals surface area contributed by atoms with E-state index in [-0.39, 0.29) is 30.3 Å². The van der Waals surface area contributed by atoms with E-state index >= 15 is 0 Å². The fourth-order valence-corrected chi connectivity index (χ4v) is 2.05. The van der Waals surface area contributed by atoms with Gasteiger partial charge in [-0.25, -0.2) is 5.10 Å². The summed E-state index contributed by atoms with van der Waals surface area (Å²) in [5, 5.41) is 8.91. The first-order chi connectivity index (χ1) is 9.69. The molecule has 1 aromatic rings. The Kier molecular flexibility index (Phi) is 4.91. The fourth-order valence-electron chi connectivity index (χ4n) is 2.05. The number of nitrogens with one attached hydrogen (secondary N) is 2. The lowest BCUT2D eigenvalue weighted by Gasteiger charge is -2.19. The van der Waals surface area contributed by atoms with Crippen LogP contribution in [0.15, 0.2) is 0 Å². The SMILES string of the molecule is CCOc1n[nH]c(NC(=O)CN2CCCCCC2=O)n1. The minimum absolute atomic E-state index is 0.0326. The number of ether oxygens (including phenoxy) is 1. The van der Waals surface area contributed by atoms with Gasteiger partial charge < -0.3 is 9.64 Å². The van der Waals surface area contributed by atoms with Crippen molar-refractivity contribution in [2.24, 2.45) is 0 Å². The zero-order valence-electron chi connectivity index (χ0n) is 11.5. The number of rotatable bonds is 5. The molecule has 1 aliphatic rings. The number of amides is 2. The third-order valence-corrected chi connectivity index (χ3v) is 3.00. The molecule has 0 atom stereocenters. The summed E-state index contributed by atoms with van der Waals surface area (Å²) in [6, 6.07) is 0.189. The fraction of sp³-hybridized carbons (Fsp3) is 0.667. The quantitative estimate of drug-likeness (QED) is 0.820. The highest BCUT2D eigenvalue weighted by Crippen LogP contribution is 2.11. The van der Waals surface area contributed by atoms with Crippen LogP contribution in [0, 0.1) is 0 Å². The van der Waals surface area contributed by atoms with Gasteiger partial charge in [0.15, 0.2) is 0 Å². The van der Waals surface area contributed by atoms with Crippen molar-refractivity contribution in [3.05, 3.63) is 0 Å². The van der Waals surface area contributed by atoms with Crippen LogP contribution in [-0.4, -0.2) is 51.6 Å². The molecule has 0 aromatic carbocycles. The molecular formula is C12H19N5O3. The van der Waals surface area contributed by atoms with Gasteiger partial charge in [-0.15, -0.1) is 5.10 Å². The van der Waals surface area contributed by atoms with E-state index in [2.05, 4.69) is 20.5 Å². The number of nitrogens with zero attached hydrogens (tertiary/aromatic N) is 3. The second-order valence-corrected chi connectivity index (χ2v) is 4.57. The summed E-state index contributed by atoms with van der Waals surface area (Å²) >= 11 is 0. The predicted octanol–water partition coefficient (Wildman–Crippen LogP) is 0.544. The van der Waals surface area contributed by atoms with Crippen LogP contribution in [0.2, 0.25) is 0 Å². The molecular weight excluding hydrogens is 262 g/mol. The van der Waals surface area contributed by atoms with Crippen LogP contribution in [0.25, 0.3) is 0 Å². The number of H-pyrrole nitrogens is 1. The number of hydrogen-bond donors (Lipinski definition) is 2. The summed E-state index contributed by atoms with van der Waals surface area (Å²) in [5.41, 5.74) is 0. The molecule has 2 N–H and O–H groups in total. The number of aromatic amines is 1. The Hall–Kier alpha value is -2.12. The van der Waals surface area contributed by atoms with Gasteiger partial charge in [-0.3, -0.25) is 14.9 Å². The Morgan fingerprint density at radius 3 is 3.10 bits per heavy atom. The minimum atomic E-state index is -0.292. The molecule has 110 valence electrons. The highest BCUT2D eigenvalue weighted by molar-refractivity contribution is 5.93. The lowest BCUT2D eigenvalue weighted by Crippen LogP contribution is -2.37. The van der Waals surface area contributed by atoms with Gasteiger partial charge in [-0.2, -0.15) is 4.98 Å². The first-order valence-corrected chi connectivity index (χ1v) is 6.82. The maximum absolute atomic E-state index is 11.9. The van der Waals surface area contributed by atoms with Crippen molar-refractivity contribution < 1.29 is 14.3 Å². The molecule has 2 amide bonds. The molecule has 1 aliphatic heterocycles. The van der Waals surface area contributed by atoms with E-state index in [1.54, 1.807) is 4.90 Å². The van der Waals surface area contributed by atoms with Crippen LogP contribution in [0.4, 0.5) is 5.95 Å². The second kappa shape index (κ2) is 6.88. The van der Waals surface area contributed by atoms with Crippen molar-refractivity contribution in [1.29, 1.82) is 0 Å². The minimum Gasteiger partial charge on any atom is -0.463 e. The monoisotopic (exact) mass is 281 g/mol. The molecule has 1 fully saturated rings. The maximum Gasteiger partial charge on any atom is 0.337 e.